The second-order valence-electron chi connectivity index (χ2n) is 3.91. The molecule has 0 radical (unpaired) electrons. The molecule has 0 saturated heterocycles. The van der Waals surface area contributed by atoms with E-state index in [0.717, 1.165) is 10.8 Å². The van der Waals surface area contributed by atoms with Crippen LogP contribution >= 0.6 is 23.1 Å². The van der Waals surface area contributed by atoms with Crippen LogP contribution in [0.2, 0.25) is 0 Å². The first-order valence-corrected chi connectivity index (χ1v) is 7.68. The Kier molecular flexibility index (Phi) is 5.35. The summed E-state index contributed by atoms with van der Waals surface area (Å²) in [5, 5.41) is 6.22. The van der Waals surface area contributed by atoms with Crippen molar-refractivity contribution in [1.82, 2.24) is 10.3 Å². The fraction of sp³-hybridized carbons (Fsp3) is 0.417. The second-order valence-corrected chi connectivity index (χ2v) is 5.82. The van der Waals surface area contributed by atoms with Gasteiger partial charge in [-0.25, -0.2) is 4.98 Å². The molecule has 19 heavy (non-hydrogen) atoms. The lowest BCUT2D eigenvalue weighted by molar-refractivity contribution is 0.251. The highest BCUT2D eigenvalue weighted by Crippen LogP contribution is 2.21. The molecule has 2 aromatic heterocycles. The lowest BCUT2D eigenvalue weighted by Gasteiger charge is -2.09. The van der Waals surface area contributed by atoms with Crippen LogP contribution in [0.1, 0.15) is 29.5 Å². The summed E-state index contributed by atoms with van der Waals surface area (Å²) < 4.78 is 29.6. The van der Waals surface area contributed by atoms with Gasteiger partial charge in [0, 0.05) is 11.6 Å². The van der Waals surface area contributed by atoms with Crippen LogP contribution in [0.4, 0.5) is 8.78 Å². The van der Waals surface area contributed by atoms with Gasteiger partial charge in [0.05, 0.1) is 18.3 Å². The van der Waals surface area contributed by atoms with Crippen LogP contribution in [-0.4, -0.2) is 10.7 Å². The molecule has 0 aliphatic rings. The summed E-state index contributed by atoms with van der Waals surface area (Å²) in [4.78, 5) is 4.22. The highest BCUT2D eigenvalue weighted by atomic mass is 32.2. The molecule has 0 aromatic carbocycles. The van der Waals surface area contributed by atoms with E-state index in [-0.39, 0.29) is 11.8 Å². The van der Waals surface area contributed by atoms with Gasteiger partial charge in [-0.15, -0.1) is 11.3 Å². The van der Waals surface area contributed by atoms with Gasteiger partial charge in [-0.05, 0) is 19.1 Å². The number of nitrogens with one attached hydrogen (secondary N) is 1. The van der Waals surface area contributed by atoms with Gasteiger partial charge in [-0.2, -0.15) is 8.78 Å². The molecular formula is C12H14F2N2OS2. The summed E-state index contributed by atoms with van der Waals surface area (Å²) in [7, 11) is 0. The standard InChI is InChI=1S/C12H14F2N2OS2/c1-8(11-15-4-5-18-11)16-6-9-2-3-10(17-9)7-19-12(13)14/h2-5,8,12,16H,6-7H2,1H3. The molecule has 3 nitrogen and oxygen atoms in total. The Bertz CT molecular complexity index is 488. The zero-order valence-corrected chi connectivity index (χ0v) is 11.9. The summed E-state index contributed by atoms with van der Waals surface area (Å²) in [5.74, 6) is -0.853. The van der Waals surface area contributed by atoms with Gasteiger partial charge in [0.1, 0.15) is 16.5 Å². The Morgan fingerprint density at radius 1 is 1.42 bits per heavy atom. The van der Waals surface area contributed by atoms with Crippen LogP contribution in [0, 0.1) is 0 Å². The van der Waals surface area contributed by atoms with Crippen molar-refractivity contribution >= 4 is 23.1 Å². The Morgan fingerprint density at radius 2 is 2.21 bits per heavy atom. The zero-order valence-electron chi connectivity index (χ0n) is 10.3. The molecule has 7 heteroatoms. The Morgan fingerprint density at radius 3 is 2.89 bits per heavy atom. The van der Waals surface area contributed by atoms with E-state index in [1.54, 1.807) is 23.6 Å². The van der Waals surface area contributed by atoms with Crippen molar-refractivity contribution in [1.29, 1.82) is 0 Å². The van der Waals surface area contributed by atoms with E-state index in [1.807, 2.05) is 18.4 Å². The van der Waals surface area contributed by atoms with Gasteiger partial charge in [-0.1, -0.05) is 11.8 Å². The van der Waals surface area contributed by atoms with E-state index < -0.39 is 5.76 Å². The number of thiazole rings is 1. The molecule has 2 aromatic rings. The maximum atomic E-state index is 12.0. The average molecular weight is 304 g/mol. The van der Waals surface area contributed by atoms with Crippen molar-refractivity contribution in [3.63, 3.8) is 0 Å². The summed E-state index contributed by atoms with van der Waals surface area (Å²) in [5.41, 5.74) is 0. The SMILES string of the molecule is CC(NCc1ccc(CSC(F)F)o1)c1nccs1. The van der Waals surface area contributed by atoms with Crippen molar-refractivity contribution in [2.45, 2.75) is 31.0 Å². The summed E-state index contributed by atoms with van der Waals surface area (Å²) in [6.45, 7) is 2.58. The van der Waals surface area contributed by atoms with Gasteiger partial charge in [0.25, 0.3) is 5.76 Å². The zero-order chi connectivity index (χ0) is 13.7. The lowest BCUT2D eigenvalue weighted by atomic mass is 10.3. The number of alkyl halides is 2. The van der Waals surface area contributed by atoms with Crippen molar-refractivity contribution in [2.75, 3.05) is 0 Å². The first-order chi connectivity index (χ1) is 9.15. The van der Waals surface area contributed by atoms with Crippen LogP contribution in [0.5, 0.6) is 0 Å². The number of halogens is 2. The average Bonchev–Trinajstić information content (AvgIpc) is 3.04. The van der Waals surface area contributed by atoms with Crippen LogP contribution in [-0.2, 0) is 12.3 Å². The maximum absolute atomic E-state index is 12.0. The number of thioether (sulfide) groups is 1. The molecule has 1 atom stereocenters. The summed E-state index contributed by atoms with van der Waals surface area (Å²) in [6.07, 6.45) is 1.77. The van der Waals surface area contributed by atoms with Crippen LogP contribution in [0.25, 0.3) is 0 Å². The highest BCUT2D eigenvalue weighted by Gasteiger charge is 2.10. The van der Waals surface area contributed by atoms with E-state index in [9.17, 15) is 8.78 Å². The number of furan rings is 1. The minimum atomic E-state index is -2.36. The lowest BCUT2D eigenvalue weighted by Crippen LogP contribution is -2.17. The molecule has 0 fully saturated rings. The topological polar surface area (TPSA) is 38.1 Å². The molecule has 2 rings (SSSR count). The smallest absolute Gasteiger partial charge is 0.284 e. The quantitative estimate of drug-likeness (QED) is 0.837. The summed E-state index contributed by atoms with van der Waals surface area (Å²) in [6, 6.07) is 3.69. The fourth-order valence-electron chi connectivity index (χ4n) is 1.53. The molecule has 104 valence electrons. The molecule has 1 N–H and O–H groups in total. The monoisotopic (exact) mass is 304 g/mol. The van der Waals surface area contributed by atoms with Crippen molar-refractivity contribution in [3.8, 4) is 0 Å². The van der Waals surface area contributed by atoms with Crippen molar-refractivity contribution < 1.29 is 13.2 Å². The number of hydrogen-bond donors (Lipinski definition) is 1. The minimum Gasteiger partial charge on any atom is -0.464 e. The molecular weight excluding hydrogens is 290 g/mol. The summed E-state index contributed by atoms with van der Waals surface area (Å²) >= 11 is 2.16. The molecule has 0 aliphatic heterocycles. The maximum Gasteiger partial charge on any atom is 0.284 e. The molecule has 0 saturated carbocycles. The molecule has 1 unspecified atom stereocenters. The first kappa shape index (κ1) is 14.5. The van der Waals surface area contributed by atoms with E-state index in [0.29, 0.717) is 24.1 Å². The molecule has 0 aliphatic carbocycles. The van der Waals surface area contributed by atoms with Gasteiger partial charge in [0.15, 0.2) is 0 Å². The van der Waals surface area contributed by atoms with E-state index in [4.69, 9.17) is 4.42 Å². The Balaban J connectivity index is 1.80. The van der Waals surface area contributed by atoms with Crippen molar-refractivity contribution in [2.24, 2.45) is 0 Å². The Hall–Kier alpha value is -0.920. The van der Waals surface area contributed by atoms with Gasteiger partial charge >= 0.3 is 0 Å². The van der Waals surface area contributed by atoms with Crippen molar-refractivity contribution in [3.05, 3.63) is 40.2 Å². The van der Waals surface area contributed by atoms with Crippen LogP contribution in [0.15, 0.2) is 28.1 Å². The number of hydrogen-bond acceptors (Lipinski definition) is 5. The van der Waals surface area contributed by atoms with E-state index in [2.05, 4.69) is 10.3 Å². The molecule has 0 spiro atoms. The second kappa shape index (κ2) is 7.02. The van der Waals surface area contributed by atoms with Gasteiger partial charge in [0.2, 0.25) is 0 Å². The predicted molar refractivity (Wildman–Crippen MR) is 73.4 cm³/mol. The normalized spacial score (nSPS) is 13.1. The number of rotatable bonds is 7. The van der Waals surface area contributed by atoms with Gasteiger partial charge in [-0.3, -0.25) is 0 Å². The first-order valence-electron chi connectivity index (χ1n) is 5.75. The fourth-order valence-corrected chi connectivity index (χ4v) is 2.65. The highest BCUT2D eigenvalue weighted by molar-refractivity contribution is 7.98. The van der Waals surface area contributed by atoms with Crippen LogP contribution < -0.4 is 5.32 Å². The molecule has 0 bridgehead atoms. The van der Waals surface area contributed by atoms with E-state index >= 15 is 0 Å². The third kappa shape index (κ3) is 4.59. The minimum absolute atomic E-state index is 0.143. The van der Waals surface area contributed by atoms with Gasteiger partial charge < -0.3 is 9.73 Å². The Labute approximate surface area is 118 Å². The van der Waals surface area contributed by atoms with Crippen LogP contribution in [0.3, 0.4) is 0 Å². The predicted octanol–water partition coefficient (Wildman–Crippen LogP) is 4.04. The number of aromatic nitrogens is 1. The third-order valence-corrected chi connectivity index (χ3v) is 4.13. The molecule has 0 amide bonds. The van der Waals surface area contributed by atoms with E-state index in [1.165, 1.54) is 0 Å². The third-order valence-electron chi connectivity index (χ3n) is 2.47. The largest absolute Gasteiger partial charge is 0.464 e. The molecule has 2 heterocycles. The number of nitrogens with zero attached hydrogens (tertiary/aromatic N) is 1.